The first-order valence-corrected chi connectivity index (χ1v) is 7.22. The van der Waals surface area contributed by atoms with Crippen LogP contribution in [0.2, 0.25) is 0 Å². The van der Waals surface area contributed by atoms with Crippen molar-refractivity contribution in [2.24, 2.45) is 5.92 Å². The van der Waals surface area contributed by atoms with Crippen LogP contribution >= 0.6 is 0 Å². The van der Waals surface area contributed by atoms with E-state index in [1.807, 2.05) is 0 Å². The van der Waals surface area contributed by atoms with E-state index in [1.54, 1.807) is 25.4 Å². The van der Waals surface area contributed by atoms with Crippen LogP contribution < -0.4 is 10.1 Å². The maximum atomic E-state index is 12.1. The SMILES string of the molecule is C[C@@H](Cc1ccc(OC(F)(F)F)cc1)C(=O)NCc1ncccn1. The lowest BCUT2D eigenvalue weighted by atomic mass is 10.0. The molecule has 0 bridgehead atoms. The second kappa shape index (κ2) is 7.76. The number of hydrogen-bond donors (Lipinski definition) is 1. The van der Waals surface area contributed by atoms with Crippen LogP contribution in [0.4, 0.5) is 13.2 Å². The summed E-state index contributed by atoms with van der Waals surface area (Å²) < 4.78 is 40.1. The lowest BCUT2D eigenvalue weighted by Gasteiger charge is -2.13. The predicted octanol–water partition coefficient (Wildman–Crippen LogP) is 2.87. The van der Waals surface area contributed by atoms with Gasteiger partial charge in [0, 0.05) is 18.3 Å². The monoisotopic (exact) mass is 339 g/mol. The zero-order chi connectivity index (χ0) is 17.6. The second-order valence-electron chi connectivity index (χ2n) is 5.18. The van der Waals surface area contributed by atoms with E-state index in [-0.39, 0.29) is 24.1 Å². The number of nitrogens with one attached hydrogen (secondary N) is 1. The standard InChI is InChI=1S/C16H16F3N3O2/c1-11(15(23)22-10-14-20-7-2-8-21-14)9-12-3-5-13(6-4-12)24-16(17,18)19/h2-8,11H,9-10H2,1H3,(H,22,23)/t11-/m0/s1. The van der Waals surface area contributed by atoms with Gasteiger partial charge in [0.15, 0.2) is 0 Å². The summed E-state index contributed by atoms with van der Waals surface area (Å²) in [5.74, 6) is -0.308. The Kier molecular flexibility index (Phi) is 5.73. The molecule has 8 heteroatoms. The van der Waals surface area contributed by atoms with Crippen LogP contribution in [0.1, 0.15) is 18.3 Å². The van der Waals surface area contributed by atoms with E-state index in [0.717, 1.165) is 5.56 Å². The highest BCUT2D eigenvalue weighted by molar-refractivity contribution is 5.78. The first kappa shape index (κ1) is 17.7. The molecule has 1 atom stereocenters. The smallest absolute Gasteiger partial charge is 0.406 e. The van der Waals surface area contributed by atoms with Crippen molar-refractivity contribution in [2.45, 2.75) is 26.3 Å². The molecule has 128 valence electrons. The Morgan fingerprint density at radius 2 is 1.83 bits per heavy atom. The lowest BCUT2D eigenvalue weighted by Crippen LogP contribution is -2.30. The molecule has 5 nitrogen and oxygen atoms in total. The molecule has 1 heterocycles. The molecule has 1 amide bonds. The van der Waals surface area contributed by atoms with Gasteiger partial charge in [-0.25, -0.2) is 9.97 Å². The van der Waals surface area contributed by atoms with Gasteiger partial charge in [-0.2, -0.15) is 0 Å². The highest BCUT2D eigenvalue weighted by atomic mass is 19.4. The zero-order valence-corrected chi connectivity index (χ0v) is 12.9. The fourth-order valence-corrected chi connectivity index (χ4v) is 2.04. The number of aromatic nitrogens is 2. The minimum atomic E-state index is -4.71. The Morgan fingerprint density at radius 3 is 2.42 bits per heavy atom. The normalized spacial score (nSPS) is 12.5. The van der Waals surface area contributed by atoms with E-state index in [4.69, 9.17) is 0 Å². The summed E-state index contributed by atoms with van der Waals surface area (Å²) in [4.78, 5) is 20.0. The quantitative estimate of drug-likeness (QED) is 0.879. The third-order valence-corrected chi connectivity index (χ3v) is 3.19. The van der Waals surface area contributed by atoms with Crippen molar-refractivity contribution in [3.63, 3.8) is 0 Å². The van der Waals surface area contributed by atoms with Crippen LogP contribution in [0, 0.1) is 5.92 Å². The molecule has 0 aliphatic heterocycles. The highest BCUT2D eigenvalue weighted by Gasteiger charge is 2.30. The number of benzene rings is 1. The third-order valence-electron chi connectivity index (χ3n) is 3.19. The van der Waals surface area contributed by atoms with E-state index >= 15 is 0 Å². The number of carbonyl (C=O) groups excluding carboxylic acids is 1. The number of alkyl halides is 3. The first-order valence-electron chi connectivity index (χ1n) is 7.22. The van der Waals surface area contributed by atoms with Gasteiger partial charge >= 0.3 is 6.36 Å². The fourth-order valence-electron chi connectivity index (χ4n) is 2.04. The van der Waals surface area contributed by atoms with Crippen LogP contribution in [0.3, 0.4) is 0 Å². The topological polar surface area (TPSA) is 64.1 Å². The van der Waals surface area contributed by atoms with Crippen molar-refractivity contribution >= 4 is 5.91 Å². The number of rotatable bonds is 6. The molecule has 0 saturated heterocycles. The van der Waals surface area contributed by atoms with Crippen molar-refractivity contribution in [2.75, 3.05) is 0 Å². The number of nitrogens with zero attached hydrogens (tertiary/aromatic N) is 2. The van der Waals surface area contributed by atoms with Gasteiger partial charge in [0.25, 0.3) is 0 Å². The zero-order valence-electron chi connectivity index (χ0n) is 12.9. The molecule has 1 aromatic heterocycles. The summed E-state index contributed by atoms with van der Waals surface area (Å²) in [5, 5.41) is 2.72. The Balaban J connectivity index is 1.84. The van der Waals surface area contributed by atoms with E-state index in [0.29, 0.717) is 12.2 Å². The molecule has 24 heavy (non-hydrogen) atoms. The van der Waals surface area contributed by atoms with Crippen molar-refractivity contribution in [1.82, 2.24) is 15.3 Å². The molecular weight excluding hydrogens is 323 g/mol. The fraction of sp³-hybridized carbons (Fsp3) is 0.312. The summed E-state index contributed by atoms with van der Waals surface area (Å²) in [6.45, 7) is 1.96. The van der Waals surface area contributed by atoms with Crippen LogP contribution in [0.25, 0.3) is 0 Å². The number of hydrogen-bond acceptors (Lipinski definition) is 4. The molecule has 0 spiro atoms. The summed E-state index contributed by atoms with van der Waals surface area (Å²) in [6.07, 6.45) is -1.15. The van der Waals surface area contributed by atoms with E-state index < -0.39 is 6.36 Å². The number of amides is 1. The van der Waals surface area contributed by atoms with Crippen LogP contribution in [0.15, 0.2) is 42.7 Å². The largest absolute Gasteiger partial charge is 0.573 e. The molecule has 0 unspecified atom stereocenters. The maximum Gasteiger partial charge on any atom is 0.573 e. The van der Waals surface area contributed by atoms with Gasteiger partial charge in [0.1, 0.15) is 11.6 Å². The molecule has 0 radical (unpaired) electrons. The Labute approximate surface area is 136 Å². The number of ether oxygens (including phenoxy) is 1. The van der Waals surface area contributed by atoms with Crippen LogP contribution in [-0.4, -0.2) is 22.2 Å². The average Bonchev–Trinajstić information content (AvgIpc) is 2.54. The van der Waals surface area contributed by atoms with Gasteiger partial charge in [-0.05, 0) is 30.2 Å². The molecule has 2 rings (SSSR count). The highest BCUT2D eigenvalue weighted by Crippen LogP contribution is 2.23. The Bertz CT molecular complexity index is 661. The van der Waals surface area contributed by atoms with Gasteiger partial charge in [0.2, 0.25) is 5.91 Å². The Morgan fingerprint density at radius 1 is 1.21 bits per heavy atom. The average molecular weight is 339 g/mol. The molecule has 1 N–H and O–H groups in total. The predicted molar refractivity (Wildman–Crippen MR) is 79.9 cm³/mol. The summed E-state index contributed by atoms with van der Waals surface area (Å²) in [7, 11) is 0. The number of carbonyl (C=O) groups is 1. The van der Waals surface area contributed by atoms with Gasteiger partial charge in [-0.15, -0.1) is 13.2 Å². The van der Waals surface area contributed by atoms with E-state index in [1.165, 1.54) is 24.3 Å². The van der Waals surface area contributed by atoms with Gasteiger partial charge in [-0.3, -0.25) is 4.79 Å². The maximum absolute atomic E-state index is 12.1. The minimum absolute atomic E-state index is 0.182. The third kappa shape index (κ3) is 5.86. The van der Waals surface area contributed by atoms with Crippen LogP contribution in [-0.2, 0) is 17.8 Å². The first-order chi connectivity index (χ1) is 11.3. The molecular formula is C16H16F3N3O2. The molecule has 2 aromatic rings. The van der Waals surface area contributed by atoms with Gasteiger partial charge in [0.05, 0.1) is 6.54 Å². The molecule has 1 aromatic carbocycles. The van der Waals surface area contributed by atoms with Gasteiger partial charge < -0.3 is 10.1 Å². The van der Waals surface area contributed by atoms with Crippen LogP contribution in [0.5, 0.6) is 5.75 Å². The van der Waals surface area contributed by atoms with Gasteiger partial charge in [-0.1, -0.05) is 19.1 Å². The summed E-state index contributed by atoms with van der Waals surface area (Å²) >= 11 is 0. The van der Waals surface area contributed by atoms with E-state index in [2.05, 4.69) is 20.0 Å². The van der Waals surface area contributed by atoms with Crippen molar-refractivity contribution in [3.05, 3.63) is 54.1 Å². The lowest BCUT2D eigenvalue weighted by molar-refractivity contribution is -0.274. The summed E-state index contributed by atoms with van der Waals surface area (Å²) in [5.41, 5.74) is 0.739. The van der Waals surface area contributed by atoms with Crippen molar-refractivity contribution in [1.29, 1.82) is 0 Å². The molecule has 0 fully saturated rings. The summed E-state index contributed by atoms with van der Waals surface area (Å²) in [6, 6.07) is 7.15. The van der Waals surface area contributed by atoms with Crippen molar-refractivity contribution < 1.29 is 22.7 Å². The Hall–Kier alpha value is -2.64. The number of halogens is 3. The van der Waals surface area contributed by atoms with Crippen molar-refractivity contribution in [3.8, 4) is 5.75 Å². The molecule has 0 aliphatic rings. The second-order valence-corrected chi connectivity index (χ2v) is 5.18. The molecule has 0 saturated carbocycles. The van der Waals surface area contributed by atoms with E-state index in [9.17, 15) is 18.0 Å². The minimum Gasteiger partial charge on any atom is -0.406 e. The molecule has 0 aliphatic carbocycles.